The summed E-state index contributed by atoms with van der Waals surface area (Å²) in [5, 5.41) is 11.3. The topological polar surface area (TPSA) is 92.4 Å². The Kier molecular flexibility index (Phi) is 4.02. The van der Waals surface area contributed by atoms with Crippen LogP contribution in [0.1, 0.15) is 23.7 Å². The van der Waals surface area contributed by atoms with Crippen LogP contribution in [0.2, 0.25) is 0 Å². The molecule has 16 heavy (non-hydrogen) atoms. The van der Waals surface area contributed by atoms with Crippen molar-refractivity contribution in [3.05, 3.63) is 29.8 Å². The minimum atomic E-state index is -1.03. The molecular formula is C11H14N2O3. The van der Waals surface area contributed by atoms with E-state index in [1.807, 2.05) is 0 Å². The van der Waals surface area contributed by atoms with E-state index in [2.05, 4.69) is 5.32 Å². The Morgan fingerprint density at radius 2 is 2.19 bits per heavy atom. The highest BCUT2D eigenvalue weighted by atomic mass is 16.4. The Bertz CT molecular complexity index is 404. The van der Waals surface area contributed by atoms with Crippen molar-refractivity contribution in [3.63, 3.8) is 0 Å². The molecule has 0 fully saturated rings. The zero-order valence-electron chi connectivity index (χ0n) is 8.93. The fourth-order valence-electron chi connectivity index (χ4n) is 1.15. The summed E-state index contributed by atoms with van der Waals surface area (Å²) >= 11 is 0. The third kappa shape index (κ3) is 3.06. The van der Waals surface area contributed by atoms with Crippen LogP contribution in [0.5, 0.6) is 0 Å². The molecule has 0 bridgehead atoms. The maximum atomic E-state index is 11.4. The summed E-state index contributed by atoms with van der Waals surface area (Å²) < 4.78 is 0. The van der Waals surface area contributed by atoms with Crippen molar-refractivity contribution in [3.8, 4) is 0 Å². The molecule has 0 unspecified atom stereocenters. The number of carbonyl (C=O) groups excluding carboxylic acids is 1. The number of rotatable bonds is 4. The number of hydrogen-bond donors (Lipinski definition) is 3. The lowest BCUT2D eigenvalue weighted by Gasteiger charge is -2.10. The summed E-state index contributed by atoms with van der Waals surface area (Å²) in [6.07, 6.45) is 0.532. The molecular weight excluding hydrogens is 208 g/mol. The average molecular weight is 222 g/mol. The molecule has 1 rings (SSSR count). The van der Waals surface area contributed by atoms with Gasteiger partial charge in [-0.2, -0.15) is 0 Å². The van der Waals surface area contributed by atoms with Crippen LogP contribution in [0.25, 0.3) is 0 Å². The standard InChI is InChI=1S/C11H14N2O3/c1-2-9(12)10(14)13-8-5-3-4-7(6-8)11(15)16/h3-6,9H,2,12H2,1H3,(H,13,14)(H,15,16)/t9-/m0/s1. The molecule has 0 aliphatic rings. The average Bonchev–Trinajstić information content (AvgIpc) is 2.28. The predicted octanol–water partition coefficient (Wildman–Crippen LogP) is 1.06. The summed E-state index contributed by atoms with van der Waals surface area (Å²) in [5.74, 6) is -1.35. The van der Waals surface area contributed by atoms with E-state index in [1.54, 1.807) is 19.1 Å². The van der Waals surface area contributed by atoms with Crippen molar-refractivity contribution in [2.45, 2.75) is 19.4 Å². The van der Waals surface area contributed by atoms with Gasteiger partial charge in [-0.1, -0.05) is 13.0 Å². The molecule has 0 aromatic heterocycles. The van der Waals surface area contributed by atoms with Crippen LogP contribution in [0, 0.1) is 0 Å². The Morgan fingerprint density at radius 1 is 1.50 bits per heavy atom. The van der Waals surface area contributed by atoms with Gasteiger partial charge >= 0.3 is 5.97 Å². The van der Waals surface area contributed by atoms with Gasteiger partial charge < -0.3 is 16.2 Å². The van der Waals surface area contributed by atoms with E-state index >= 15 is 0 Å². The van der Waals surface area contributed by atoms with E-state index in [0.717, 1.165) is 0 Å². The number of nitrogens with two attached hydrogens (primary N) is 1. The van der Waals surface area contributed by atoms with Gasteiger partial charge in [0.15, 0.2) is 0 Å². The van der Waals surface area contributed by atoms with Crippen LogP contribution in [0.15, 0.2) is 24.3 Å². The molecule has 0 spiro atoms. The Balaban J connectivity index is 2.78. The van der Waals surface area contributed by atoms with E-state index in [-0.39, 0.29) is 11.5 Å². The zero-order valence-corrected chi connectivity index (χ0v) is 8.93. The van der Waals surface area contributed by atoms with Gasteiger partial charge in [0, 0.05) is 5.69 Å². The summed E-state index contributed by atoms with van der Waals surface area (Å²) in [6, 6.07) is 5.46. The smallest absolute Gasteiger partial charge is 0.335 e. The van der Waals surface area contributed by atoms with Crippen molar-refractivity contribution >= 4 is 17.6 Å². The van der Waals surface area contributed by atoms with E-state index in [0.29, 0.717) is 12.1 Å². The Hall–Kier alpha value is -1.88. The van der Waals surface area contributed by atoms with Crippen molar-refractivity contribution in [1.82, 2.24) is 0 Å². The van der Waals surface area contributed by atoms with Crippen LogP contribution < -0.4 is 11.1 Å². The highest BCUT2D eigenvalue weighted by molar-refractivity contribution is 5.96. The van der Waals surface area contributed by atoms with Crippen molar-refractivity contribution in [1.29, 1.82) is 0 Å². The monoisotopic (exact) mass is 222 g/mol. The Labute approximate surface area is 93.3 Å². The van der Waals surface area contributed by atoms with Crippen LogP contribution in [-0.4, -0.2) is 23.0 Å². The normalized spacial score (nSPS) is 11.9. The SMILES string of the molecule is CC[C@H](N)C(=O)Nc1cccc(C(=O)O)c1. The van der Waals surface area contributed by atoms with Gasteiger partial charge in [0.05, 0.1) is 11.6 Å². The van der Waals surface area contributed by atoms with Crippen molar-refractivity contribution in [2.24, 2.45) is 5.73 Å². The maximum Gasteiger partial charge on any atom is 0.335 e. The fourth-order valence-corrected chi connectivity index (χ4v) is 1.15. The molecule has 0 saturated heterocycles. The van der Waals surface area contributed by atoms with Gasteiger partial charge in [-0.3, -0.25) is 4.79 Å². The first-order valence-corrected chi connectivity index (χ1v) is 4.94. The first-order valence-electron chi connectivity index (χ1n) is 4.94. The first-order chi connectivity index (χ1) is 7.54. The number of carbonyl (C=O) groups is 2. The van der Waals surface area contributed by atoms with Gasteiger partial charge in [-0.15, -0.1) is 0 Å². The van der Waals surface area contributed by atoms with Gasteiger partial charge in [0.25, 0.3) is 0 Å². The number of amides is 1. The van der Waals surface area contributed by atoms with Gasteiger partial charge in [-0.05, 0) is 24.6 Å². The number of nitrogens with one attached hydrogen (secondary N) is 1. The van der Waals surface area contributed by atoms with Crippen LogP contribution >= 0.6 is 0 Å². The van der Waals surface area contributed by atoms with Crippen LogP contribution in [-0.2, 0) is 4.79 Å². The Morgan fingerprint density at radius 3 is 2.75 bits per heavy atom. The van der Waals surface area contributed by atoms with Gasteiger partial charge in [0.1, 0.15) is 0 Å². The molecule has 1 aromatic rings. The molecule has 0 aliphatic heterocycles. The number of aromatic carboxylic acids is 1. The summed E-state index contributed by atoms with van der Waals surface area (Å²) in [6.45, 7) is 1.80. The molecule has 1 amide bonds. The maximum absolute atomic E-state index is 11.4. The molecule has 4 N–H and O–H groups in total. The number of benzene rings is 1. The number of anilines is 1. The zero-order chi connectivity index (χ0) is 12.1. The second-order valence-corrected chi connectivity index (χ2v) is 3.39. The van der Waals surface area contributed by atoms with Gasteiger partial charge in [-0.25, -0.2) is 4.79 Å². The molecule has 0 saturated carbocycles. The third-order valence-electron chi connectivity index (χ3n) is 2.15. The predicted molar refractivity (Wildman–Crippen MR) is 60.3 cm³/mol. The first kappa shape index (κ1) is 12.2. The largest absolute Gasteiger partial charge is 0.478 e. The van der Waals surface area contributed by atoms with E-state index in [1.165, 1.54) is 12.1 Å². The second kappa shape index (κ2) is 5.27. The lowest BCUT2D eigenvalue weighted by Crippen LogP contribution is -2.34. The number of carboxylic acids is 1. The lowest BCUT2D eigenvalue weighted by atomic mass is 10.2. The molecule has 0 radical (unpaired) electrons. The van der Waals surface area contributed by atoms with Gasteiger partial charge in [0.2, 0.25) is 5.91 Å². The summed E-state index contributed by atoms with van der Waals surface area (Å²) in [5.41, 5.74) is 6.10. The van der Waals surface area contributed by atoms with Crippen LogP contribution in [0.4, 0.5) is 5.69 Å². The van der Waals surface area contributed by atoms with E-state index in [4.69, 9.17) is 10.8 Å². The summed E-state index contributed by atoms with van der Waals surface area (Å²) in [4.78, 5) is 22.1. The molecule has 0 heterocycles. The second-order valence-electron chi connectivity index (χ2n) is 3.39. The molecule has 86 valence electrons. The van der Waals surface area contributed by atoms with Crippen molar-refractivity contribution in [2.75, 3.05) is 5.32 Å². The quantitative estimate of drug-likeness (QED) is 0.710. The molecule has 0 aliphatic carbocycles. The minimum Gasteiger partial charge on any atom is -0.478 e. The van der Waals surface area contributed by atoms with Crippen molar-refractivity contribution < 1.29 is 14.7 Å². The molecule has 1 atom stereocenters. The molecule has 5 heteroatoms. The molecule has 1 aromatic carbocycles. The third-order valence-corrected chi connectivity index (χ3v) is 2.15. The highest BCUT2D eigenvalue weighted by Crippen LogP contribution is 2.11. The van der Waals surface area contributed by atoms with E-state index in [9.17, 15) is 9.59 Å². The number of hydrogen-bond acceptors (Lipinski definition) is 3. The number of carboxylic acid groups (broad SMARTS) is 1. The van der Waals surface area contributed by atoms with E-state index < -0.39 is 12.0 Å². The molecule has 5 nitrogen and oxygen atoms in total. The summed E-state index contributed by atoms with van der Waals surface area (Å²) in [7, 11) is 0. The fraction of sp³-hybridized carbons (Fsp3) is 0.273. The highest BCUT2D eigenvalue weighted by Gasteiger charge is 2.11. The lowest BCUT2D eigenvalue weighted by molar-refractivity contribution is -0.117. The van der Waals surface area contributed by atoms with Crippen LogP contribution in [0.3, 0.4) is 0 Å². The minimum absolute atomic E-state index is 0.128.